The SMILES string of the molecule is c1ccc(-c2ccc(N(c3cccc(-c4cccc5oc6ccccc6c45)c3)c3ccc(-c4ccccc4-n4c5ccccc5c5ccccc54)c4oc5ccccc5c34)cc2)cc1. The van der Waals surface area contributed by atoms with Crippen LogP contribution in [0.3, 0.4) is 0 Å². The van der Waals surface area contributed by atoms with Crippen LogP contribution in [-0.2, 0) is 0 Å². The molecule has 0 aliphatic carbocycles. The summed E-state index contributed by atoms with van der Waals surface area (Å²) in [6, 6.07) is 82.1. The van der Waals surface area contributed by atoms with Crippen molar-refractivity contribution in [3.05, 3.63) is 231 Å². The molecule has 0 saturated heterocycles. The molecule has 0 atom stereocenters. The molecule has 0 aliphatic heterocycles. The van der Waals surface area contributed by atoms with Crippen molar-refractivity contribution in [2.24, 2.45) is 0 Å². The molecule has 0 saturated carbocycles. The van der Waals surface area contributed by atoms with Gasteiger partial charge < -0.3 is 18.3 Å². The topological polar surface area (TPSA) is 34.5 Å². The minimum Gasteiger partial charge on any atom is -0.456 e. The van der Waals surface area contributed by atoms with E-state index in [1.165, 1.54) is 16.3 Å². The highest BCUT2D eigenvalue weighted by atomic mass is 16.3. The monoisotopic (exact) mass is 818 g/mol. The van der Waals surface area contributed by atoms with Crippen LogP contribution < -0.4 is 4.90 Å². The van der Waals surface area contributed by atoms with E-state index in [0.717, 1.165) is 105 Å². The summed E-state index contributed by atoms with van der Waals surface area (Å²) in [5.74, 6) is 0. The Morgan fingerprint density at radius 3 is 1.66 bits per heavy atom. The molecule has 0 spiro atoms. The van der Waals surface area contributed by atoms with Gasteiger partial charge in [0.2, 0.25) is 0 Å². The maximum Gasteiger partial charge on any atom is 0.145 e. The number of hydrogen-bond acceptors (Lipinski definition) is 3. The van der Waals surface area contributed by atoms with E-state index in [9.17, 15) is 0 Å². The number of anilines is 3. The lowest BCUT2D eigenvalue weighted by atomic mass is 9.97. The third-order valence-corrected chi connectivity index (χ3v) is 12.8. The first kappa shape index (κ1) is 36.1. The van der Waals surface area contributed by atoms with Crippen molar-refractivity contribution < 1.29 is 8.83 Å². The Balaban J connectivity index is 1.05. The van der Waals surface area contributed by atoms with Gasteiger partial charge in [-0.3, -0.25) is 0 Å². The predicted molar refractivity (Wildman–Crippen MR) is 266 cm³/mol. The lowest BCUT2D eigenvalue weighted by Gasteiger charge is -2.27. The number of aromatic nitrogens is 1. The van der Waals surface area contributed by atoms with Crippen molar-refractivity contribution >= 4 is 82.7 Å². The summed E-state index contributed by atoms with van der Waals surface area (Å²) >= 11 is 0. The van der Waals surface area contributed by atoms with Crippen molar-refractivity contribution in [1.82, 2.24) is 4.57 Å². The summed E-state index contributed by atoms with van der Waals surface area (Å²) in [5.41, 5.74) is 16.6. The normalized spacial score (nSPS) is 11.8. The average molecular weight is 819 g/mol. The molecule has 64 heavy (non-hydrogen) atoms. The van der Waals surface area contributed by atoms with Crippen LogP contribution in [0.15, 0.2) is 239 Å². The summed E-state index contributed by atoms with van der Waals surface area (Å²) < 4.78 is 15.8. The predicted octanol–water partition coefficient (Wildman–Crippen LogP) is 17.1. The van der Waals surface area contributed by atoms with E-state index in [4.69, 9.17) is 8.83 Å². The molecule has 10 aromatic carbocycles. The van der Waals surface area contributed by atoms with Crippen molar-refractivity contribution in [2.45, 2.75) is 0 Å². The Bertz CT molecular complexity index is 3860. The standard InChI is InChI=1S/C60H38N2O2/c1-2-16-39(17-3-1)40-32-34-42(35-33-40)61(43-19-14-18-41(38-43)44-25-15-31-57-58(44)49-23-7-12-29-55(49)63-57)54-37-36-48(60-59(54)50-24-8-13-30-56(50)64-60)47-22-6-11-28-53(47)62-51-26-9-4-20-45(51)46-21-5-10-27-52(46)62/h1-38H. The largest absolute Gasteiger partial charge is 0.456 e. The third kappa shape index (κ3) is 5.63. The summed E-state index contributed by atoms with van der Waals surface area (Å²) in [6.45, 7) is 0. The van der Waals surface area contributed by atoms with Gasteiger partial charge in [-0.1, -0.05) is 158 Å². The highest BCUT2D eigenvalue weighted by Gasteiger charge is 2.25. The zero-order valence-corrected chi connectivity index (χ0v) is 34.7. The van der Waals surface area contributed by atoms with Crippen LogP contribution in [0.25, 0.3) is 105 Å². The average Bonchev–Trinajstić information content (AvgIpc) is 4.05. The van der Waals surface area contributed by atoms with Gasteiger partial charge in [0.15, 0.2) is 0 Å². The highest BCUT2D eigenvalue weighted by molar-refractivity contribution is 6.18. The molecule has 13 aromatic rings. The van der Waals surface area contributed by atoms with Crippen molar-refractivity contribution in [2.75, 3.05) is 4.90 Å². The second-order valence-corrected chi connectivity index (χ2v) is 16.4. The fraction of sp³-hybridized carbons (Fsp3) is 0. The number of para-hydroxylation sites is 5. The minimum absolute atomic E-state index is 0.837. The number of hydrogen-bond donors (Lipinski definition) is 0. The second kappa shape index (κ2) is 14.5. The molecular formula is C60H38N2O2. The fourth-order valence-corrected chi connectivity index (χ4v) is 9.98. The van der Waals surface area contributed by atoms with Gasteiger partial charge in [0, 0.05) is 49.4 Å². The highest BCUT2D eigenvalue weighted by Crippen LogP contribution is 2.48. The van der Waals surface area contributed by atoms with Crippen LogP contribution in [0.2, 0.25) is 0 Å². The van der Waals surface area contributed by atoms with Gasteiger partial charge in [0.05, 0.1) is 27.8 Å². The van der Waals surface area contributed by atoms with Gasteiger partial charge in [-0.2, -0.15) is 0 Å². The van der Waals surface area contributed by atoms with Crippen LogP contribution in [0.1, 0.15) is 0 Å². The Morgan fingerprint density at radius 2 is 0.891 bits per heavy atom. The number of rotatable bonds is 7. The van der Waals surface area contributed by atoms with Gasteiger partial charge in [-0.15, -0.1) is 0 Å². The van der Waals surface area contributed by atoms with E-state index in [2.05, 4.69) is 228 Å². The summed E-state index contributed by atoms with van der Waals surface area (Å²) in [4.78, 5) is 2.39. The second-order valence-electron chi connectivity index (χ2n) is 16.4. The Hall–Kier alpha value is -8.60. The number of furan rings is 2. The van der Waals surface area contributed by atoms with Crippen LogP contribution in [0, 0.1) is 0 Å². The number of benzene rings is 10. The van der Waals surface area contributed by atoms with E-state index < -0.39 is 0 Å². The summed E-state index contributed by atoms with van der Waals surface area (Å²) in [6.07, 6.45) is 0. The van der Waals surface area contributed by atoms with Crippen LogP contribution in [0.5, 0.6) is 0 Å². The van der Waals surface area contributed by atoms with Crippen molar-refractivity contribution in [3.8, 4) is 39.1 Å². The van der Waals surface area contributed by atoms with Gasteiger partial charge in [-0.05, 0) is 95.1 Å². The zero-order chi connectivity index (χ0) is 42.1. The van der Waals surface area contributed by atoms with Crippen LogP contribution in [0.4, 0.5) is 17.1 Å². The lowest BCUT2D eigenvalue weighted by Crippen LogP contribution is -2.10. The minimum atomic E-state index is 0.837. The van der Waals surface area contributed by atoms with Crippen molar-refractivity contribution in [3.63, 3.8) is 0 Å². The van der Waals surface area contributed by atoms with E-state index in [-0.39, 0.29) is 0 Å². The molecule has 4 nitrogen and oxygen atoms in total. The molecule has 0 bridgehead atoms. The first-order valence-electron chi connectivity index (χ1n) is 21.8. The number of nitrogens with zero attached hydrogens (tertiary/aromatic N) is 2. The van der Waals surface area contributed by atoms with E-state index in [1.807, 2.05) is 12.1 Å². The van der Waals surface area contributed by atoms with Crippen LogP contribution >= 0.6 is 0 Å². The first-order valence-corrected chi connectivity index (χ1v) is 21.8. The Labute approximate surface area is 369 Å². The first-order chi connectivity index (χ1) is 31.8. The molecule has 0 radical (unpaired) electrons. The Morgan fingerprint density at radius 1 is 0.328 bits per heavy atom. The number of fused-ring (bicyclic) bond motifs is 9. The van der Waals surface area contributed by atoms with Gasteiger partial charge in [0.25, 0.3) is 0 Å². The molecule has 4 heteroatoms. The van der Waals surface area contributed by atoms with E-state index in [0.29, 0.717) is 0 Å². The maximum atomic E-state index is 7.05. The van der Waals surface area contributed by atoms with E-state index in [1.54, 1.807) is 0 Å². The van der Waals surface area contributed by atoms with E-state index >= 15 is 0 Å². The Kier molecular flexibility index (Phi) is 8.18. The molecular weight excluding hydrogens is 781 g/mol. The molecule has 3 aromatic heterocycles. The van der Waals surface area contributed by atoms with Gasteiger partial charge in [0.1, 0.15) is 22.3 Å². The maximum absolute atomic E-state index is 7.05. The molecule has 13 rings (SSSR count). The zero-order valence-electron chi connectivity index (χ0n) is 34.7. The van der Waals surface area contributed by atoms with Gasteiger partial charge >= 0.3 is 0 Å². The van der Waals surface area contributed by atoms with Crippen LogP contribution in [-0.4, -0.2) is 4.57 Å². The van der Waals surface area contributed by atoms with Crippen molar-refractivity contribution in [1.29, 1.82) is 0 Å². The quantitative estimate of drug-likeness (QED) is 0.161. The molecule has 0 unspecified atom stereocenters. The lowest BCUT2D eigenvalue weighted by molar-refractivity contribution is 0.669. The fourth-order valence-electron chi connectivity index (χ4n) is 9.98. The third-order valence-electron chi connectivity index (χ3n) is 12.8. The summed E-state index contributed by atoms with van der Waals surface area (Å²) in [7, 11) is 0. The molecule has 0 fully saturated rings. The molecule has 3 heterocycles. The molecule has 0 aliphatic rings. The molecule has 0 N–H and O–H groups in total. The summed E-state index contributed by atoms with van der Waals surface area (Å²) in [5, 5.41) is 6.78. The van der Waals surface area contributed by atoms with Gasteiger partial charge in [-0.25, -0.2) is 0 Å². The smallest absolute Gasteiger partial charge is 0.145 e. The molecule has 300 valence electrons. The molecule has 0 amide bonds.